The van der Waals surface area contributed by atoms with Gasteiger partial charge >= 0.3 is 0 Å². The van der Waals surface area contributed by atoms with Crippen LogP contribution in [-0.2, 0) is 19.5 Å². The van der Waals surface area contributed by atoms with E-state index in [1.165, 1.54) is 4.31 Å². The molecule has 2 fully saturated rings. The molecule has 6 heteroatoms. The van der Waals surface area contributed by atoms with Crippen LogP contribution >= 0.6 is 0 Å². The molecule has 0 bridgehead atoms. The zero-order valence-corrected chi connectivity index (χ0v) is 10.7. The minimum Gasteiger partial charge on any atom is -0.372 e. The maximum atomic E-state index is 12.5. The fraction of sp³-hybridized carbons (Fsp3) is 0.500. The van der Waals surface area contributed by atoms with Crippen molar-refractivity contribution in [3.63, 3.8) is 0 Å². The van der Waals surface area contributed by atoms with Gasteiger partial charge in [-0.3, -0.25) is 0 Å². The van der Waals surface area contributed by atoms with Gasteiger partial charge in [0.1, 0.15) is 0 Å². The Bertz CT molecular complexity index is 494. The fourth-order valence-corrected chi connectivity index (χ4v) is 3.34. The molecule has 2 aliphatic heterocycles. The SMILES string of the molecule is O=S(=O)(c1ccccc1)N(C[C@H]1CO1)C[C@@H]1CO1. The maximum absolute atomic E-state index is 12.5. The molecular formula is C12H15NO4S. The van der Waals surface area contributed by atoms with Crippen LogP contribution in [0.3, 0.4) is 0 Å². The van der Waals surface area contributed by atoms with Gasteiger partial charge in [-0.25, -0.2) is 8.42 Å². The Kier molecular flexibility index (Phi) is 3.11. The number of rotatable bonds is 6. The van der Waals surface area contributed by atoms with Gasteiger partial charge < -0.3 is 9.47 Å². The molecule has 2 atom stereocenters. The Morgan fingerprint density at radius 3 is 2.00 bits per heavy atom. The molecule has 18 heavy (non-hydrogen) atoms. The number of benzene rings is 1. The van der Waals surface area contributed by atoms with E-state index in [0.29, 0.717) is 31.2 Å². The quantitative estimate of drug-likeness (QED) is 0.704. The fourth-order valence-electron chi connectivity index (χ4n) is 1.81. The number of nitrogens with zero attached hydrogens (tertiary/aromatic N) is 1. The lowest BCUT2D eigenvalue weighted by Crippen LogP contribution is -2.37. The summed E-state index contributed by atoms with van der Waals surface area (Å²) in [6, 6.07) is 8.49. The molecule has 5 nitrogen and oxygen atoms in total. The Hall–Kier alpha value is -0.950. The van der Waals surface area contributed by atoms with E-state index in [9.17, 15) is 8.42 Å². The number of hydrogen-bond acceptors (Lipinski definition) is 4. The lowest BCUT2D eigenvalue weighted by Gasteiger charge is -2.20. The predicted octanol–water partition coefficient (Wildman–Crippen LogP) is 0.475. The highest BCUT2D eigenvalue weighted by atomic mass is 32.2. The summed E-state index contributed by atoms with van der Waals surface area (Å²) in [6.07, 6.45) is 0.0875. The van der Waals surface area contributed by atoms with Gasteiger partial charge in [-0.15, -0.1) is 0 Å². The minimum absolute atomic E-state index is 0.0437. The van der Waals surface area contributed by atoms with E-state index in [0.717, 1.165) is 0 Å². The molecule has 3 rings (SSSR count). The first-order valence-corrected chi connectivity index (χ1v) is 7.38. The van der Waals surface area contributed by atoms with Gasteiger partial charge in [-0.1, -0.05) is 18.2 Å². The zero-order chi connectivity index (χ0) is 12.6. The van der Waals surface area contributed by atoms with Gasteiger partial charge in [0.2, 0.25) is 10.0 Å². The summed E-state index contributed by atoms with van der Waals surface area (Å²) in [6.45, 7) is 2.12. The largest absolute Gasteiger partial charge is 0.372 e. The summed E-state index contributed by atoms with van der Waals surface area (Å²) in [5, 5.41) is 0. The van der Waals surface area contributed by atoms with E-state index >= 15 is 0 Å². The second kappa shape index (κ2) is 4.62. The molecule has 0 saturated carbocycles. The van der Waals surface area contributed by atoms with Gasteiger partial charge in [0.25, 0.3) is 0 Å². The van der Waals surface area contributed by atoms with E-state index in [2.05, 4.69) is 0 Å². The molecular weight excluding hydrogens is 254 g/mol. The van der Waals surface area contributed by atoms with Crippen molar-refractivity contribution in [2.75, 3.05) is 26.3 Å². The van der Waals surface area contributed by atoms with Gasteiger partial charge in [0, 0.05) is 13.1 Å². The molecule has 0 radical (unpaired) electrons. The predicted molar refractivity (Wildman–Crippen MR) is 64.7 cm³/mol. The third kappa shape index (κ3) is 2.72. The highest BCUT2D eigenvalue weighted by molar-refractivity contribution is 7.89. The molecule has 98 valence electrons. The van der Waals surface area contributed by atoms with Crippen molar-refractivity contribution < 1.29 is 17.9 Å². The first-order chi connectivity index (χ1) is 8.66. The first kappa shape index (κ1) is 12.1. The molecule has 2 aliphatic rings. The Labute approximate surface area is 106 Å². The molecule has 1 aromatic carbocycles. The second-order valence-corrected chi connectivity index (χ2v) is 6.48. The second-order valence-electron chi connectivity index (χ2n) is 4.55. The Morgan fingerprint density at radius 1 is 1.06 bits per heavy atom. The monoisotopic (exact) mass is 269 g/mol. The van der Waals surface area contributed by atoms with Crippen molar-refractivity contribution in [3.05, 3.63) is 30.3 Å². The Morgan fingerprint density at radius 2 is 1.56 bits per heavy atom. The van der Waals surface area contributed by atoms with E-state index in [4.69, 9.17) is 9.47 Å². The molecule has 0 aliphatic carbocycles. The van der Waals surface area contributed by atoms with Crippen molar-refractivity contribution in [2.24, 2.45) is 0 Å². The summed E-state index contributed by atoms with van der Waals surface area (Å²) < 4.78 is 36.7. The molecule has 2 heterocycles. The summed E-state index contributed by atoms with van der Waals surface area (Å²) >= 11 is 0. The molecule has 2 saturated heterocycles. The topological polar surface area (TPSA) is 62.4 Å². The first-order valence-electron chi connectivity index (χ1n) is 5.94. The minimum atomic E-state index is -3.44. The van der Waals surface area contributed by atoms with Crippen molar-refractivity contribution in [1.29, 1.82) is 0 Å². The van der Waals surface area contributed by atoms with Gasteiger partial charge in [-0.2, -0.15) is 4.31 Å². The van der Waals surface area contributed by atoms with Crippen LogP contribution in [0.5, 0.6) is 0 Å². The highest BCUT2D eigenvalue weighted by Crippen LogP contribution is 2.22. The van der Waals surface area contributed by atoms with E-state index in [1.54, 1.807) is 30.3 Å². The van der Waals surface area contributed by atoms with Crippen molar-refractivity contribution in [3.8, 4) is 0 Å². The van der Waals surface area contributed by atoms with Gasteiger partial charge in [0.05, 0.1) is 30.3 Å². The third-order valence-electron chi connectivity index (χ3n) is 3.00. The standard InChI is InChI=1S/C12H15NO4S/c14-18(15,12-4-2-1-3-5-12)13(6-10-8-16-10)7-11-9-17-11/h1-5,10-11H,6-9H2/t10-,11+. The third-order valence-corrected chi connectivity index (χ3v) is 4.85. The van der Waals surface area contributed by atoms with Crippen LogP contribution in [0.2, 0.25) is 0 Å². The normalized spacial score (nSPS) is 26.3. The summed E-state index contributed by atoms with van der Waals surface area (Å²) in [5.41, 5.74) is 0. The van der Waals surface area contributed by atoms with Crippen LogP contribution in [0.15, 0.2) is 35.2 Å². The number of ether oxygens (including phenoxy) is 2. The smallest absolute Gasteiger partial charge is 0.243 e. The van der Waals surface area contributed by atoms with Crippen molar-refractivity contribution >= 4 is 10.0 Å². The zero-order valence-electron chi connectivity index (χ0n) is 9.86. The maximum Gasteiger partial charge on any atom is 0.243 e. The lowest BCUT2D eigenvalue weighted by atomic mass is 10.4. The number of epoxide rings is 2. The molecule has 0 spiro atoms. The molecule has 1 aromatic rings. The number of sulfonamides is 1. The summed E-state index contributed by atoms with van der Waals surface area (Å²) in [4.78, 5) is 0.325. The highest BCUT2D eigenvalue weighted by Gasteiger charge is 2.36. The average molecular weight is 269 g/mol. The van der Waals surface area contributed by atoms with Gasteiger partial charge in [0.15, 0.2) is 0 Å². The molecule has 0 aromatic heterocycles. The number of hydrogen-bond donors (Lipinski definition) is 0. The van der Waals surface area contributed by atoms with Crippen LogP contribution in [-0.4, -0.2) is 51.2 Å². The van der Waals surface area contributed by atoms with Crippen LogP contribution in [0.4, 0.5) is 0 Å². The van der Waals surface area contributed by atoms with Gasteiger partial charge in [-0.05, 0) is 12.1 Å². The van der Waals surface area contributed by atoms with Crippen LogP contribution in [0.25, 0.3) is 0 Å². The summed E-state index contributed by atoms with van der Waals surface area (Å²) in [5.74, 6) is 0. The van der Waals surface area contributed by atoms with Crippen LogP contribution in [0, 0.1) is 0 Å². The molecule has 0 unspecified atom stereocenters. The van der Waals surface area contributed by atoms with Crippen molar-refractivity contribution in [2.45, 2.75) is 17.1 Å². The van der Waals surface area contributed by atoms with E-state index < -0.39 is 10.0 Å². The lowest BCUT2D eigenvalue weighted by molar-refractivity contribution is 0.304. The van der Waals surface area contributed by atoms with Crippen LogP contribution < -0.4 is 0 Å². The van der Waals surface area contributed by atoms with E-state index in [1.807, 2.05) is 0 Å². The van der Waals surface area contributed by atoms with E-state index in [-0.39, 0.29) is 12.2 Å². The summed E-state index contributed by atoms with van der Waals surface area (Å²) in [7, 11) is -3.44. The molecule has 0 N–H and O–H groups in total. The van der Waals surface area contributed by atoms with Crippen LogP contribution in [0.1, 0.15) is 0 Å². The molecule has 0 amide bonds. The Balaban J connectivity index is 1.82. The van der Waals surface area contributed by atoms with Crippen molar-refractivity contribution in [1.82, 2.24) is 4.31 Å². The average Bonchev–Trinajstić information content (AvgIpc) is 3.24.